The highest BCUT2D eigenvalue weighted by Crippen LogP contribution is 2.37. The number of ether oxygens (including phenoxy) is 1. The summed E-state index contributed by atoms with van der Waals surface area (Å²) in [6, 6.07) is 22.4. The molecule has 0 aliphatic carbocycles. The van der Waals surface area contributed by atoms with Gasteiger partial charge in [0.25, 0.3) is 0 Å². The van der Waals surface area contributed by atoms with E-state index in [-0.39, 0.29) is 0 Å². The standard InChI is InChI=1S/C21H15N3OS2/c1-25-13-10-11-17-19(12-13)27-21(24-17)23-15-7-3-2-6-14(15)20-22-16-8-4-5-9-18(16)26-20/h2-12H,1H3,(H,23,24). The zero-order valence-electron chi connectivity index (χ0n) is 14.5. The van der Waals surface area contributed by atoms with Crippen molar-refractivity contribution < 1.29 is 4.74 Å². The highest BCUT2D eigenvalue weighted by atomic mass is 32.1. The Bertz CT molecular complexity index is 1230. The van der Waals surface area contributed by atoms with Gasteiger partial charge in [-0.15, -0.1) is 11.3 Å². The second kappa shape index (κ2) is 6.64. The molecule has 3 aromatic carbocycles. The first kappa shape index (κ1) is 16.2. The Morgan fingerprint density at radius 1 is 0.815 bits per heavy atom. The van der Waals surface area contributed by atoms with Crippen molar-refractivity contribution in [1.29, 1.82) is 0 Å². The zero-order chi connectivity index (χ0) is 18.2. The summed E-state index contributed by atoms with van der Waals surface area (Å²) in [4.78, 5) is 9.49. The van der Waals surface area contributed by atoms with Gasteiger partial charge in [-0.25, -0.2) is 9.97 Å². The normalized spacial score (nSPS) is 11.1. The third-order valence-electron chi connectivity index (χ3n) is 4.29. The van der Waals surface area contributed by atoms with Gasteiger partial charge in [0.1, 0.15) is 10.8 Å². The van der Waals surface area contributed by atoms with Gasteiger partial charge in [-0.05, 0) is 42.5 Å². The Kier molecular flexibility index (Phi) is 3.99. The van der Waals surface area contributed by atoms with Crippen molar-refractivity contribution in [3.63, 3.8) is 0 Å². The van der Waals surface area contributed by atoms with Gasteiger partial charge in [-0.1, -0.05) is 35.6 Å². The zero-order valence-corrected chi connectivity index (χ0v) is 16.1. The quantitative estimate of drug-likeness (QED) is 0.390. The van der Waals surface area contributed by atoms with Gasteiger partial charge in [0.15, 0.2) is 5.13 Å². The summed E-state index contributed by atoms with van der Waals surface area (Å²) in [7, 11) is 1.68. The Morgan fingerprint density at radius 3 is 2.52 bits per heavy atom. The molecule has 0 unspecified atom stereocenters. The summed E-state index contributed by atoms with van der Waals surface area (Å²) in [5, 5.41) is 5.33. The summed E-state index contributed by atoms with van der Waals surface area (Å²) in [5.74, 6) is 0.840. The lowest BCUT2D eigenvalue weighted by molar-refractivity contribution is 0.415. The maximum Gasteiger partial charge on any atom is 0.188 e. The summed E-state index contributed by atoms with van der Waals surface area (Å²) in [6.07, 6.45) is 0. The van der Waals surface area contributed by atoms with Crippen molar-refractivity contribution in [2.75, 3.05) is 12.4 Å². The predicted octanol–water partition coefficient (Wildman–Crippen LogP) is 6.33. The largest absolute Gasteiger partial charge is 0.497 e. The fourth-order valence-electron chi connectivity index (χ4n) is 2.97. The topological polar surface area (TPSA) is 47.0 Å². The van der Waals surface area contributed by atoms with Crippen LogP contribution in [0.4, 0.5) is 10.8 Å². The second-order valence-corrected chi connectivity index (χ2v) is 8.07. The Morgan fingerprint density at radius 2 is 1.63 bits per heavy atom. The summed E-state index contributed by atoms with van der Waals surface area (Å²) in [6.45, 7) is 0. The molecule has 5 aromatic rings. The van der Waals surface area contributed by atoms with E-state index in [1.165, 1.54) is 4.70 Å². The van der Waals surface area contributed by atoms with Crippen LogP contribution in [0.2, 0.25) is 0 Å². The number of rotatable bonds is 4. The number of aromatic nitrogens is 2. The molecule has 0 saturated carbocycles. The van der Waals surface area contributed by atoms with Crippen LogP contribution in [0.5, 0.6) is 5.75 Å². The van der Waals surface area contributed by atoms with Crippen LogP contribution in [0.3, 0.4) is 0 Å². The van der Waals surface area contributed by atoms with E-state index in [0.717, 1.165) is 42.9 Å². The average Bonchev–Trinajstić information content (AvgIpc) is 3.31. The molecular formula is C21H15N3OS2. The molecule has 0 amide bonds. The molecule has 0 aliphatic heterocycles. The minimum absolute atomic E-state index is 0.840. The minimum atomic E-state index is 0.840. The van der Waals surface area contributed by atoms with Crippen molar-refractivity contribution in [2.45, 2.75) is 0 Å². The van der Waals surface area contributed by atoms with E-state index in [0.29, 0.717) is 0 Å². The number of anilines is 2. The first-order valence-electron chi connectivity index (χ1n) is 8.47. The smallest absolute Gasteiger partial charge is 0.188 e. The lowest BCUT2D eigenvalue weighted by atomic mass is 10.2. The van der Waals surface area contributed by atoms with Crippen LogP contribution in [0.1, 0.15) is 0 Å². The number of nitrogens with one attached hydrogen (secondary N) is 1. The molecule has 0 radical (unpaired) electrons. The van der Waals surface area contributed by atoms with Crippen LogP contribution in [0.15, 0.2) is 66.7 Å². The lowest BCUT2D eigenvalue weighted by Crippen LogP contribution is -1.92. The summed E-state index contributed by atoms with van der Waals surface area (Å²) in [5.41, 5.74) is 4.07. The number of nitrogens with zero attached hydrogens (tertiary/aromatic N) is 2. The van der Waals surface area contributed by atoms with Crippen LogP contribution in [-0.2, 0) is 0 Å². The molecule has 0 aliphatic rings. The van der Waals surface area contributed by atoms with Crippen LogP contribution in [0.25, 0.3) is 31.0 Å². The lowest BCUT2D eigenvalue weighted by Gasteiger charge is -2.07. The molecular weight excluding hydrogens is 374 g/mol. The highest BCUT2D eigenvalue weighted by Gasteiger charge is 2.12. The molecule has 1 N–H and O–H groups in total. The fraction of sp³-hybridized carbons (Fsp3) is 0.0476. The molecule has 4 nitrogen and oxygen atoms in total. The highest BCUT2D eigenvalue weighted by molar-refractivity contribution is 7.22. The first-order valence-corrected chi connectivity index (χ1v) is 10.1. The summed E-state index contributed by atoms with van der Waals surface area (Å²) >= 11 is 3.31. The molecule has 5 rings (SSSR count). The van der Waals surface area contributed by atoms with Crippen LogP contribution in [0, 0.1) is 0 Å². The third-order valence-corrected chi connectivity index (χ3v) is 6.29. The maximum atomic E-state index is 5.31. The number of hydrogen-bond donors (Lipinski definition) is 1. The van der Waals surface area contributed by atoms with E-state index in [1.807, 2.05) is 48.5 Å². The van der Waals surface area contributed by atoms with Gasteiger partial charge in [0.05, 0.1) is 33.2 Å². The monoisotopic (exact) mass is 389 g/mol. The van der Waals surface area contributed by atoms with Crippen molar-refractivity contribution in [1.82, 2.24) is 9.97 Å². The van der Waals surface area contributed by atoms with E-state index in [9.17, 15) is 0 Å². The molecule has 2 aromatic heterocycles. The van der Waals surface area contributed by atoms with Crippen molar-refractivity contribution in [3.05, 3.63) is 66.7 Å². The molecule has 6 heteroatoms. The van der Waals surface area contributed by atoms with Gasteiger partial charge in [0, 0.05) is 5.56 Å². The van der Waals surface area contributed by atoms with Crippen LogP contribution < -0.4 is 10.1 Å². The van der Waals surface area contributed by atoms with E-state index >= 15 is 0 Å². The number of thiazole rings is 2. The van der Waals surface area contributed by atoms with Gasteiger partial charge in [-0.3, -0.25) is 0 Å². The minimum Gasteiger partial charge on any atom is -0.497 e. The predicted molar refractivity (Wildman–Crippen MR) is 115 cm³/mol. The van der Waals surface area contributed by atoms with Crippen molar-refractivity contribution in [2.24, 2.45) is 0 Å². The number of fused-ring (bicyclic) bond motifs is 2. The SMILES string of the molecule is COc1ccc2nc(Nc3ccccc3-c3nc4ccccc4s3)sc2c1. The van der Waals surface area contributed by atoms with E-state index in [4.69, 9.17) is 14.7 Å². The van der Waals surface area contributed by atoms with Crippen molar-refractivity contribution >= 4 is 53.9 Å². The van der Waals surface area contributed by atoms with E-state index in [1.54, 1.807) is 29.8 Å². The Balaban J connectivity index is 1.54. The van der Waals surface area contributed by atoms with Gasteiger partial charge < -0.3 is 10.1 Å². The van der Waals surface area contributed by atoms with Gasteiger partial charge in [0.2, 0.25) is 0 Å². The molecule has 0 saturated heterocycles. The molecule has 27 heavy (non-hydrogen) atoms. The van der Waals surface area contributed by atoms with E-state index < -0.39 is 0 Å². The van der Waals surface area contributed by atoms with Crippen LogP contribution in [-0.4, -0.2) is 17.1 Å². The Hall–Kier alpha value is -2.96. The number of benzene rings is 3. The number of methoxy groups -OCH3 is 1. The molecule has 0 spiro atoms. The fourth-order valence-corrected chi connectivity index (χ4v) is 4.88. The van der Waals surface area contributed by atoms with Crippen molar-refractivity contribution in [3.8, 4) is 16.3 Å². The molecule has 0 atom stereocenters. The Labute approximate surface area is 164 Å². The first-order chi connectivity index (χ1) is 13.3. The van der Waals surface area contributed by atoms with E-state index in [2.05, 4.69) is 23.5 Å². The molecule has 0 fully saturated rings. The third kappa shape index (κ3) is 3.03. The molecule has 0 bridgehead atoms. The van der Waals surface area contributed by atoms with Gasteiger partial charge >= 0.3 is 0 Å². The molecule has 2 heterocycles. The van der Waals surface area contributed by atoms with Gasteiger partial charge in [-0.2, -0.15) is 0 Å². The average molecular weight is 390 g/mol. The maximum absolute atomic E-state index is 5.31. The molecule has 132 valence electrons. The second-order valence-electron chi connectivity index (χ2n) is 6.01. The summed E-state index contributed by atoms with van der Waals surface area (Å²) < 4.78 is 7.59. The number of para-hydroxylation sites is 2. The number of hydrogen-bond acceptors (Lipinski definition) is 6. The van der Waals surface area contributed by atoms with Crippen LogP contribution >= 0.6 is 22.7 Å².